The van der Waals surface area contributed by atoms with E-state index < -0.39 is 11.4 Å². The summed E-state index contributed by atoms with van der Waals surface area (Å²) < 4.78 is 0. The number of hydrogen-bond acceptors (Lipinski definition) is 3. The number of fused-ring (bicyclic) bond motifs is 1. The van der Waals surface area contributed by atoms with Gasteiger partial charge in [0.25, 0.3) is 0 Å². The van der Waals surface area contributed by atoms with E-state index in [1.54, 1.807) is 11.3 Å². The molecule has 0 bridgehead atoms. The lowest BCUT2D eigenvalue weighted by atomic mass is 9.68. The summed E-state index contributed by atoms with van der Waals surface area (Å²) in [6.45, 7) is 4.02. The number of aliphatic carboxylic acids is 1. The van der Waals surface area contributed by atoms with Crippen LogP contribution in [0, 0.1) is 13.8 Å². The average Bonchev–Trinajstić information content (AvgIpc) is 2.77. The van der Waals surface area contributed by atoms with Gasteiger partial charge in [-0.05, 0) is 44.2 Å². The van der Waals surface area contributed by atoms with E-state index in [9.17, 15) is 9.90 Å². The number of carboxylic acids is 1. The molecule has 0 saturated heterocycles. The molecule has 1 unspecified atom stereocenters. The van der Waals surface area contributed by atoms with E-state index in [1.807, 2.05) is 32.0 Å². The number of nitrogens with zero attached hydrogens (tertiary/aromatic N) is 1. The monoisotopic (exact) mass is 301 g/mol. The summed E-state index contributed by atoms with van der Waals surface area (Å²) in [5.41, 5.74) is 2.36. The molecular formula is C17H19NO2S. The van der Waals surface area contributed by atoms with Crippen LogP contribution < -0.4 is 0 Å². The summed E-state index contributed by atoms with van der Waals surface area (Å²) in [5.74, 6) is -0.722. The second kappa shape index (κ2) is 5.26. The van der Waals surface area contributed by atoms with Crippen molar-refractivity contribution in [3.63, 3.8) is 0 Å². The van der Waals surface area contributed by atoms with Crippen molar-refractivity contribution in [3.8, 4) is 0 Å². The van der Waals surface area contributed by atoms with Crippen molar-refractivity contribution in [2.75, 3.05) is 0 Å². The second-order valence-corrected chi connectivity index (χ2v) is 7.11. The molecule has 110 valence electrons. The predicted octanol–water partition coefficient (Wildman–Crippen LogP) is 3.66. The zero-order valence-electron chi connectivity index (χ0n) is 12.3. The van der Waals surface area contributed by atoms with Crippen molar-refractivity contribution in [3.05, 3.63) is 51.0 Å². The van der Waals surface area contributed by atoms with Crippen molar-refractivity contribution >= 4 is 17.3 Å². The fraction of sp³-hybridized carbons (Fsp3) is 0.412. The van der Waals surface area contributed by atoms with Gasteiger partial charge in [-0.1, -0.05) is 24.3 Å². The van der Waals surface area contributed by atoms with Gasteiger partial charge in [0.15, 0.2) is 0 Å². The third-order valence-corrected chi connectivity index (χ3v) is 5.59. The molecule has 1 atom stereocenters. The summed E-state index contributed by atoms with van der Waals surface area (Å²) in [6, 6.07) is 7.98. The lowest BCUT2D eigenvalue weighted by Crippen LogP contribution is -2.41. The molecule has 0 amide bonds. The van der Waals surface area contributed by atoms with Crippen molar-refractivity contribution in [1.82, 2.24) is 4.98 Å². The number of thiazole rings is 1. The summed E-state index contributed by atoms with van der Waals surface area (Å²) in [5, 5.41) is 10.9. The van der Waals surface area contributed by atoms with Crippen LogP contribution in [-0.2, 0) is 23.1 Å². The maximum atomic E-state index is 12.1. The predicted molar refractivity (Wildman–Crippen MR) is 84.0 cm³/mol. The Hall–Kier alpha value is -1.68. The molecule has 2 aromatic rings. The van der Waals surface area contributed by atoms with E-state index in [4.69, 9.17) is 0 Å². The maximum absolute atomic E-state index is 12.1. The van der Waals surface area contributed by atoms with Crippen LogP contribution in [0.1, 0.15) is 39.5 Å². The van der Waals surface area contributed by atoms with Crippen molar-refractivity contribution in [2.24, 2.45) is 0 Å². The normalized spacial score (nSPS) is 21.0. The largest absolute Gasteiger partial charge is 0.481 e. The van der Waals surface area contributed by atoms with E-state index in [0.29, 0.717) is 12.8 Å². The molecule has 0 fully saturated rings. The Kier molecular flexibility index (Phi) is 3.57. The van der Waals surface area contributed by atoms with Crippen LogP contribution in [0.2, 0.25) is 0 Å². The standard InChI is InChI=1S/C17H19NO2S/c1-11-12(2)21-15(18-11)10-17(16(19)20)9-5-7-13-6-3-4-8-14(13)17/h3-4,6,8H,5,7,9-10H2,1-2H3,(H,19,20). The maximum Gasteiger partial charge on any atom is 0.314 e. The minimum atomic E-state index is -0.814. The molecule has 1 heterocycles. The number of carbonyl (C=O) groups is 1. The quantitative estimate of drug-likeness (QED) is 0.941. The van der Waals surface area contributed by atoms with E-state index in [-0.39, 0.29) is 0 Å². The Bertz CT molecular complexity index is 672. The fourth-order valence-electron chi connectivity index (χ4n) is 3.27. The van der Waals surface area contributed by atoms with Crippen molar-refractivity contribution < 1.29 is 9.90 Å². The Labute approximate surface area is 128 Å². The first-order valence-corrected chi connectivity index (χ1v) is 8.09. The van der Waals surface area contributed by atoms with Gasteiger partial charge >= 0.3 is 5.97 Å². The van der Waals surface area contributed by atoms with Crippen LogP contribution in [0.3, 0.4) is 0 Å². The highest BCUT2D eigenvalue weighted by atomic mass is 32.1. The smallest absolute Gasteiger partial charge is 0.314 e. The van der Waals surface area contributed by atoms with Crippen LogP contribution in [0.4, 0.5) is 0 Å². The molecule has 3 nitrogen and oxygen atoms in total. The molecule has 4 heteroatoms. The third-order valence-electron chi connectivity index (χ3n) is 4.52. The molecule has 1 aliphatic rings. The van der Waals surface area contributed by atoms with E-state index in [2.05, 4.69) is 11.1 Å². The topological polar surface area (TPSA) is 50.2 Å². The minimum absolute atomic E-state index is 0.499. The van der Waals surface area contributed by atoms with Crippen LogP contribution >= 0.6 is 11.3 Å². The van der Waals surface area contributed by atoms with Gasteiger partial charge in [-0.3, -0.25) is 4.79 Å². The van der Waals surface area contributed by atoms with E-state index >= 15 is 0 Å². The van der Waals surface area contributed by atoms with Gasteiger partial charge in [-0.2, -0.15) is 0 Å². The highest BCUT2D eigenvalue weighted by Crippen LogP contribution is 2.41. The number of aromatic nitrogens is 1. The zero-order valence-corrected chi connectivity index (χ0v) is 13.2. The molecule has 1 aromatic heterocycles. The molecule has 0 aliphatic heterocycles. The van der Waals surface area contributed by atoms with Crippen LogP contribution in [0.15, 0.2) is 24.3 Å². The number of hydrogen-bond donors (Lipinski definition) is 1. The highest BCUT2D eigenvalue weighted by Gasteiger charge is 2.44. The molecule has 1 N–H and O–H groups in total. The Balaban J connectivity index is 2.07. The lowest BCUT2D eigenvalue weighted by molar-refractivity contribution is -0.144. The van der Waals surface area contributed by atoms with Gasteiger partial charge in [-0.15, -0.1) is 11.3 Å². The summed E-state index contributed by atoms with van der Waals surface area (Å²) in [7, 11) is 0. The van der Waals surface area contributed by atoms with Gasteiger partial charge in [0, 0.05) is 11.3 Å². The average molecular weight is 301 g/mol. The molecule has 3 rings (SSSR count). The summed E-state index contributed by atoms with van der Waals surface area (Å²) in [4.78, 5) is 17.8. The molecule has 0 spiro atoms. The molecule has 1 aliphatic carbocycles. The first kappa shape index (κ1) is 14.3. The Morgan fingerprint density at radius 2 is 2.14 bits per heavy atom. The van der Waals surface area contributed by atoms with Crippen molar-refractivity contribution in [1.29, 1.82) is 0 Å². The molecule has 0 saturated carbocycles. The molecule has 1 aromatic carbocycles. The zero-order chi connectivity index (χ0) is 15.0. The fourth-order valence-corrected chi connectivity index (χ4v) is 4.32. The SMILES string of the molecule is Cc1nc(CC2(C(=O)O)CCCc3ccccc32)sc1C. The van der Waals surface area contributed by atoms with Crippen LogP contribution in [-0.4, -0.2) is 16.1 Å². The Morgan fingerprint density at radius 3 is 2.81 bits per heavy atom. The van der Waals surface area contributed by atoms with E-state index in [1.165, 1.54) is 10.4 Å². The number of rotatable bonds is 3. The van der Waals surface area contributed by atoms with Crippen LogP contribution in [0.25, 0.3) is 0 Å². The van der Waals surface area contributed by atoms with Gasteiger partial charge < -0.3 is 5.11 Å². The summed E-state index contributed by atoms with van der Waals surface area (Å²) >= 11 is 1.62. The van der Waals surface area contributed by atoms with Crippen LogP contribution in [0.5, 0.6) is 0 Å². The number of carboxylic acid groups (broad SMARTS) is 1. The first-order chi connectivity index (χ1) is 10.0. The van der Waals surface area contributed by atoms with Gasteiger partial charge in [0.1, 0.15) is 0 Å². The molecule has 21 heavy (non-hydrogen) atoms. The van der Waals surface area contributed by atoms with Crippen molar-refractivity contribution in [2.45, 2.75) is 44.9 Å². The van der Waals surface area contributed by atoms with E-state index in [0.717, 1.165) is 29.1 Å². The minimum Gasteiger partial charge on any atom is -0.481 e. The summed E-state index contributed by atoms with van der Waals surface area (Å²) in [6.07, 6.45) is 3.09. The first-order valence-electron chi connectivity index (χ1n) is 7.27. The lowest BCUT2D eigenvalue weighted by Gasteiger charge is -2.35. The van der Waals surface area contributed by atoms with Gasteiger partial charge in [-0.25, -0.2) is 4.98 Å². The highest BCUT2D eigenvalue weighted by molar-refractivity contribution is 7.11. The second-order valence-electron chi connectivity index (χ2n) is 5.82. The number of benzene rings is 1. The molecular weight excluding hydrogens is 282 g/mol. The van der Waals surface area contributed by atoms with Gasteiger partial charge in [0.05, 0.1) is 16.1 Å². The molecule has 0 radical (unpaired) electrons. The third kappa shape index (κ3) is 2.38. The Morgan fingerprint density at radius 1 is 1.38 bits per heavy atom. The number of aryl methyl sites for hydroxylation is 3. The van der Waals surface area contributed by atoms with Gasteiger partial charge in [0.2, 0.25) is 0 Å².